The van der Waals surface area contributed by atoms with Gasteiger partial charge in [0.15, 0.2) is 35.4 Å². The number of ether oxygens (including phenoxy) is 9. The van der Waals surface area contributed by atoms with Crippen LogP contribution in [0.3, 0.4) is 0 Å². The Labute approximate surface area is 304 Å². The summed E-state index contributed by atoms with van der Waals surface area (Å²) in [6.45, 7) is 7.58. The fourth-order valence-electron chi connectivity index (χ4n) is 5.67. The van der Waals surface area contributed by atoms with Gasteiger partial charge in [-0.05, 0) is 6.07 Å². The van der Waals surface area contributed by atoms with E-state index in [1.807, 2.05) is 0 Å². The van der Waals surface area contributed by atoms with Crippen LogP contribution in [0.2, 0.25) is 0 Å². The number of hydrogen-bond acceptors (Lipinski definition) is 19. The quantitative estimate of drug-likeness (QED) is 0.125. The van der Waals surface area contributed by atoms with Gasteiger partial charge in [-0.1, -0.05) is 0 Å². The molecule has 2 heterocycles. The topological polar surface area (TPSA) is 250 Å². The second-order valence-corrected chi connectivity index (χ2v) is 11.7. The number of carbonyl (C=O) groups is 8. The molecule has 3 aromatic rings. The summed E-state index contributed by atoms with van der Waals surface area (Å²) in [4.78, 5) is 112. The Kier molecular flexibility index (Phi) is 12.4. The van der Waals surface area contributed by atoms with Crippen LogP contribution in [0.25, 0.3) is 21.9 Å². The molecule has 0 amide bonds. The zero-order valence-electron chi connectivity index (χ0n) is 30.1. The minimum atomic E-state index is -1.79. The SMILES string of the molecule is CC(=O)OC[C@H]1O[C@@H](c2c(OC(C)=O)cc(OC(C)=O)c3c(=O)c4cc(OC(C)=O)c(OC(C)=O)cc4oc23)[C@H](OC(C)=O)[C@@H](OC(C)=O)[C@@H]1OC(C)=O. The molecule has 1 aromatic heterocycles. The lowest BCUT2D eigenvalue weighted by atomic mass is 9.88. The number of esters is 8. The predicted molar refractivity (Wildman–Crippen MR) is 176 cm³/mol. The van der Waals surface area contributed by atoms with Crippen molar-refractivity contribution in [1.29, 1.82) is 0 Å². The molecule has 54 heavy (non-hydrogen) atoms. The Morgan fingerprint density at radius 1 is 0.556 bits per heavy atom. The van der Waals surface area contributed by atoms with Crippen LogP contribution < -0.4 is 24.4 Å². The number of rotatable bonds is 10. The van der Waals surface area contributed by atoms with Gasteiger partial charge in [-0.3, -0.25) is 43.2 Å². The van der Waals surface area contributed by atoms with Crippen molar-refractivity contribution in [2.45, 2.75) is 85.9 Å². The summed E-state index contributed by atoms with van der Waals surface area (Å²) in [5, 5.41) is -0.791. The monoisotopic (exact) mass is 758 g/mol. The van der Waals surface area contributed by atoms with E-state index in [9.17, 15) is 43.2 Å². The highest BCUT2D eigenvalue weighted by Crippen LogP contribution is 2.47. The lowest BCUT2D eigenvalue weighted by molar-refractivity contribution is -0.254. The maximum atomic E-state index is 14.4. The van der Waals surface area contributed by atoms with Crippen molar-refractivity contribution in [2.75, 3.05) is 6.61 Å². The summed E-state index contributed by atoms with van der Waals surface area (Å²) < 4.78 is 55.4. The van der Waals surface area contributed by atoms with Gasteiger partial charge < -0.3 is 47.0 Å². The van der Waals surface area contributed by atoms with Gasteiger partial charge in [0.25, 0.3) is 0 Å². The Balaban J connectivity index is 2.21. The number of carbonyl (C=O) groups excluding carboxylic acids is 8. The molecule has 1 aliphatic rings. The highest BCUT2D eigenvalue weighted by atomic mass is 16.7. The van der Waals surface area contributed by atoms with Gasteiger partial charge in [0.2, 0.25) is 5.43 Å². The molecule has 0 radical (unpaired) electrons. The van der Waals surface area contributed by atoms with Gasteiger partial charge in [-0.15, -0.1) is 0 Å². The van der Waals surface area contributed by atoms with Crippen molar-refractivity contribution in [2.24, 2.45) is 0 Å². The molecular weight excluding hydrogens is 724 g/mol. The Hall–Kier alpha value is -6.37. The van der Waals surface area contributed by atoms with E-state index in [1.165, 1.54) is 0 Å². The van der Waals surface area contributed by atoms with E-state index in [0.717, 1.165) is 73.6 Å². The first-order valence-corrected chi connectivity index (χ1v) is 15.9. The maximum Gasteiger partial charge on any atom is 0.308 e. The molecule has 2 aromatic carbocycles. The number of hydrogen-bond donors (Lipinski definition) is 0. The van der Waals surface area contributed by atoms with E-state index < -0.39 is 113 Å². The van der Waals surface area contributed by atoms with Gasteiger partial charge in [0.1, 0.15) is 41.3 Å². The molecule has 0 aliphatic carbocycles. The third kappa shape index (κ3) is 9.34. The Bertz CT molecular complexity index is 2130. The zero-order valence-corrected chi connectivity index (χ0v) is 30.1. The second-order valence-electron chi connectivity index (χ2n) is 11.7. The molecule has 4 rings (SSSR count). The van der Waals surface area contributed by atoms with Gasteiger partial charge in [-0.2, -0.15) is 0 Å². The number of fused-ring (bicyclic) bond motifs is 2. The van der Waals surface area contributed by atoms with Crippen LogP contribution in [0.15, 0.2) is 27.4 Å². The van der Waals surface area contributed by atoms with E-state index >= 15 is 0 Å². The summed E-state index contributed by atoms with van der Waals surface area (Å²) in [6.07, 6.45) is -8.37. The molecule has 5 atom stereocenters. The Morgan fingerprint density at radius 3 is 1.56 bits per heavy atom. The summed E-state index contributed by atoms with van der Waals surface area (Å²) in [7, 11) is 0. The maximum absolute atomic E-state index is 14.4. The summed E-state index contributed by atoms with van der Waals surface area (Å²) in [5.41, 5.74) is -2.19. The molecule has 0 bridgehead atoms. The molecule has 1 fully saturated rings. The molecule has 19 heteroatoms. The second kappa shape index (κ2) is 16.5. The Morgan fingerprint density at radius 2 is 1.04 bits per heavy atom. The van der Waals surface area contributed by atoms with Gasteiger partial charge in [0, 0.05) is 67.5 Å². The van der Waals surface area contributed by atoms with Crippen LogP contribution in [-0.2, 0) is 62.0 Å². The number of benzene rings is 2. The predicted octanol–water partition coefficient (Wildman–Crippen LogP) is 2.45. The highest BCUT2D eigenvalue weighted by Gasteiger charge is 2.54. The molecule has 1 aliphatic heterocycles. The fourth-order valence-corrected chi connectivity index (χ4v) is 5.67. The van der Waals surface area contributed by atoms with E-state index in [1.54, 1.807) is 0 Å². The van der Waals surface area contributed by atoms with E-state index in [-0.39, 0.29) is 28.0 Å². The largest absolute Gasteiger partial charge is 0.463 e. The van der Waals surface area contributed by atoms with Crippen molar-refractivity contribution in [3.8, 4) is 23.0 Å². The minimum Gasteiger partial charge on any atom is -0.463 e. The highest BCUT2D eigenvalue weighted by molar-refractivity contribution is 5.99. The lowest BCUT2D eigenvalue weighted by Gasteiger charge is -2.44. The molecule has 0 unspecified atom stereocenters. The molecule has 0 N–H and O–H groups in total. The molecule has 1 saturated heterocycles. The van der Waals surface area contributed by atoms with Crippen molar-refractivity contribution in [3.63, 3.8) is 0 Å². The van der Waals surface area contributed by atoms with E-state index in [0.29, 0.717) is 0 Å². The van der Waals surface area contributed by atoms with Crippen LogP contribution in [0.1, 0.15) is 67.1 Å². The zero-order chi connectivity index (χ0) is 40.2. The fraction of sp³-hybridized carbons (Fsp3) is 0.400. The van der Waals surface area contributed by atoms with Crippen LogP contribution in [-0.4, -0.2) is 78.8 Å². The van der Waals surface area contributed by atoms with Crippen molar-refractivity contribution in [3.05, 3.63) is 34.0 Å². The van der Waals surface area contributed by atoms with Gasteiger partial charge >= 0.3 is 47.8 Å². The smallest absolute Gasteiger partial charge is 0.308 e. The summed E-state index contributed by atoms with van der Waals surface area (Å²) >= 11 is 0. The van der Waals surface area contributed by atoms with Gasteiger partial charge in [-0.25, -0.2) is 0 Å². The van der Waals surface area contributed by atoms with Gasteiger partial charge in [0.05, 0.1) is 10.9 Å². The molecule has 0 saturated carbocycles. The first-order chi connectivity index (χ1) is 25.3. The molecular formula is C35H34O19. The van der Waals surface area contributed by atoms with E-state index in [4.69, 9.17) is 47.0 Å². The average molecular weight is 759 g/mol. The van der Waals surface area contributed by atoms with Crippen LogP contribution >= 0.6 is 0 Å². The first kappa shape index (κ1) is 40.4. The van der Waals surface area contributed by atoms with Crippen LogP contribution in [0, 0.1) is 0 Å². The summed E-state index contributed by atoms with van der Waals surface area (Å²) in [5.74, 6) is -8.93. The lowest BCUT2D eigenvalue weighted by Crippen LogP contribution is -2.59. The third-order valence-corrected chi connectivity index (χ3v) is 7.27. The normalized spacial score (nSPS) is 19.2. The van der Waals surface area contributed by atoms with E-state index in [2.05, 4.69) is 0 Å². The van der Waals surface area contributed by atoms with Crippen molar-refractivity contribution < 1.29 is 85.4 Å². The van der Waals surface area contributed by atoms with Crippen molar-refractivity contribution in [1.82, 2.24) is 0 Å². The standard InChI is InChI=1S/C35H34O19/c1-13(36)45-12-27-31(50-18(6)41)34(51-19(7)42)35(52-20(8)43)33(54-27)29-26(49-17(5)40)11-25(48-16(4)39)28-30(44)21-9-23(46-14(2)37)24(47-15(3)38)10-22(21)53-32(28)29/h9-11,27,31,33-35H,12H2,1-8H3/t27-,31-,33+,34+,35+/m1/s1. The average Bonchev–Trinajstić information content (AvgIpc) is 3.01. The van der Waals surface area contributed by atoms with Crippen molar-refractivity contribution >= 4 is 69.7 Å². The summed E-state index contributed by atoms with van der Waals surface area (Å²) in [6, 6.07) is 3.04. The third-order valence-electron chi connectivity index (χ3n) is 7.27. The minimum absolute atomic E-state index is 0.296. The first-order valence-electron chi connectivity index (χ1n) is 15.9. The van der Waals surface area contributed by atoms with Crippen LogP contribution in [0.4, 0.5) is 0 Å². The molecule has 19 nitrogen and oxygen atoms in total. The molecule has 0 spiro atoms. The molecule has 288 valence electrons. The van der Waals surface area contributed by atoms with Crippen LogP contribution in [0.5, 0.6) is 23.0 Å².